The molecule has 8 nitrogen and oxygen atoms in total. The molecule has 0 atom stereocenters. The minimum Gasteiger partial charge on any atom is -0.433 e. The Morgan fingerprint density at radius 1 is 1.15 bits per heavy atom. The lowest BCUT2D eigenvalue weighted by Gasteiger charge is -2.12. The number of ether oxygens (including phenoxy) is 1. The first-order valence-electron chi connectivity index (χ1n) is 7.70. The van der Waals surface area contributed by atoms with Crippen LogP contribution >= 0.6 is 0 Å². The van der Waals surface area contributed by atoms with Crippen molar-refractivity contribution in [2.75, 3.05) is 11.6 Å². The van der Waals surface area contributed by atoms with E-state index in [2.05, 4.69) is 25.6 Å². The second-order valence-electron chi connectivity index (χ2n) is 5.50. The third kappa shape index (κ3) is 4.56. The molecule has 0 aliphatic rings. The Labute approximate surface area is 153 Å². The van der Waals surface area contributed by atoms with Crippen molar-refractivity contribution in [3.63, 3.8) is 0 Å². The molecule has 1 heterocycles. The maximum absolute atomic E-state index is 12.5. The fourth-order valence-electron chi connectivity index (χ4n) is 2.34. The molecule has 11 heteroatoms. The lowest BCUT2D eigenvalue weighted by atomic mass is 10.3. The van der Waals surface area contributed by atoms with Crippen LogP contribution in [0.1, 0.15) is 5.82 Å². The van der Waals surface area contributed by atoms with Crippen LogP contribution in [0.15, 0.2) is 53.4 Å². The number of hydrogen-bond acceptors (Lipinski definition) is 7. The number of hydrogen-bond donors (Lipinski definition) is 1. The van der Waals surface area contributed by atoms with Crippen LogP contribution in [0.3, 0.4) is 0 Å². The molecule has 0 bridgehead atoms. The van der Waals surface area contributed by atoms with Gasteiger partial charge < -0.3 is 10.1 Å². The molecule has 0 saturated heterocycles. The van der Waals surface area contributed by atoms with E-state index in [9.17, 15) is 17.2 Å². The van der Waals surface area contributed by atoms with Gasteiger partial charge in [-0.2, -0.15) is 13.5 Å². The Morgan fingerprint density at radius 3 is 2.52 bits per heavy atom. The van der Waals surface area contributed by atoms with Crippen LogP contribution in [0.4, 0.5) is 14.5 Å². The summed E-state index contributed by atoms with van der Waals surface area (Å²) in [5.74, 6) is 0.401. The molecule has 0 fully saturated rings. The summed E-state index contributed by atoms with van der Waals surface area (Å²) in [4.78, 5) is 0.178. The molecule has 0 saturated carbocycles. The second kappa shape index (κ2) is 7.66. The number of para-hydroxylation sites is 2. The fraction of sp³-hybridized carbons (Fsp3) is 0.188. The van der Waals surface area contributed by atoms with Gasteiger partial charge in [-0.3, -0.25) is 0 Å². The Bertz CT molecular complexity index is 1020. The van der Waals surface area contributed by atoms with Crippen molar-refractivity contribution >= 4 is 15.5 Å². The van der Waals surface area contributed by atoms with Gasteiger partial charge in [0.15, 0.2) is 15.7 Å². The van der Waals surface area contributed by atoms with Crippen LogP contribution in [0, 0.1) is 0 Å². The van der Waals surface area contributed by atoms with Gasteiger partial charge in [0.1, 0.15) is 5.75 Å². The van der Waals surface area contributed by atoms with Gasteiger partial charge in [-0.05, 0) is 46.8 Å². The zero-order valence-electron chi connectivity index (χ0n) is 14.1. The van der Waals surface area contributed by atoms with E-state index < -0.39 is 16.4 Å². The van der Waals surface area contributed by atoms with Crippen molar-refractivity contribution < 1.29 is 21.9 Å². The molecule has 0 unspecified atom stereocenters. The van der Waals surface area contributed by atoms with E-state index in [-0.39, 0.29) is 17.2 Å². The molecule has 0 aliphatic carbocycles. The number of tetrazole rings is 1. The van der Waals surface area contributed by atoms with Gasteiger partial charge in [0.05, 0.1) is 22.8 Å². The van der Waals surface area contributed by atoms with E-state index in [0.717, 1.165) is 6.26 Å². The van der Waals surface area contributed by atoms with E-state index in [4.69, 9.17) is 0 Å². The molecule has 27 heavy (non-hydrogen) atoms. The Morgan fingerprint density at radius 2 is 1.85 bits per heavy atom. The average Bonchev–Trinajstić information content (AvgIpc) is 3.08. The molecular formula is C16H15F2N5O3S. The maximum Gasteiger partial charge on any atom is 0.387 e. The molecular weight excluding hydrogens is 380 g/mol. The first-order valence-corrected chi connectivity index (χ1v) is 9.59. The van der Waals surface area contributed by atoms with Crippen LogP contribution in [-0.2, 0) is 16.4 Å². The third-order valence-corrected chi connectivity index (χ3v) is 4.71. The number of rotatable bonds is 7. The quantitative estimate of drug-likeness (QED) is 0.655. The molecule has 1 aromatic heterocycles. The van der Waals surface area contributed by atoms with Crippen molar-refractivity contribution in [1.29, 1.82) is 0 Å². The monoisotopic (exact) mass is 395 g/mol. The van der Waals surface area contributed by atoms with Crippen molar-refractivity contribution in [1.82, 2.24) is 20.2 Å². The largest absolute Gasteiger partial charge is 0.433 e. The molecule has 0 spiro atoms. The fourth-order valence-corrected chi connectivity index (χ4v) is 2.97. The van der Waals surface area contributed by atoms with Crippen LogP contribution in [0.25, 0.3) is 5.69 Å². The Kier molecular flexibility index (Phi) is 5.31. The molecule has 1 N–H and O–H groups in total. The Balaban J connectivity index is 1.79. The van der Waals surface area contributed by atoms with Gasteiger partial charge in [-0.1, -0.05) is 12.1 Å². The van der Waals surface area contributed by atoms with E-state index in [1.165, 1.54) is 22.9 Å². The average molecular weight is 395 g/mol. The third-order valence-electron chi connectivity index (χ3n) is 3.58. The first kappa shape index (κ1) is 18.7. The number of alkyl halides is 2. The summed E-state index contributed by atoms with van der Waals surface area (Å²) in [5.41, 5.74) is 0.918. The zero-order chi connectivity index (χ0) is 19.4. The molecule has 3 aromatic rings. The summed E-state index contributed by atoms with van der Waals surface area (Å²) >= 11 is 0. The van der Waals surface area contributed by atoms with Crippen molar-refractivity contribution in [2.45, 2.75) is 18.1 Å². The van der Waals surface area contributed by atoms with E-state index in [1.807, 2.05) is 0 Å². The standard InChI is InChI=1S/C16H15F2N5O3S/c1-27(24,25)12-8-6-11(7-9-12)23-15(20-21-22-23)10-19-13-4-2-3-5-14(13)26-16(17)18/h2-9,16,19H,10H2,1H3. The normalized spacial score (nSPS) is 11.6. The summed E-state index contributed by atoms with van der Waals surface area (Å²) in [6, 6.07) is 12.3. The van der Waals surface area contributed by atoms with Gasteiger partial charge in [-0.25, -0.2) is 8.42 Å². The molecule has 2 aromatic carbocycles. The van der Waals surface area contributed by atoms with Gasteiger partial charge >= 0.3 is 6.61 Å². The molecule has 142 valence electrons. The predicted octanol–water partition coefficient (Wildman–Crippen LogP) is 2.28. The van der Waals surface area contributed by atoms with Gasteiger partial charge in [0.25, 0.3) is 0 Å². The highest BCUT2D eigenvalue weighted by Gasteiger charge is 2.13. The number of nitrogens with zero attached hydrogens (tertiary/aromatic N) is 4. The second-order valence-corrected chi connectivity index (χ2v) is 7.52. The smallest absolute Gasteiger partial charge is 0.387 e. The van der Waals surface area contributed by atoms with Crippen LogP contribution < -0.4 is 10.1 Å². The topological polar surface area (TPSA) is 99.0 Å². The highest BCUT2D eigenvalue weighted by atomic mass is 32.2. The maximum atomic E-state index is 12.5. The Hall–Kier alpha value is -3.08. The molecule has 3 rings (SSSR count). The van der Waals surface area contributed by atoms with Crippen LogP contribution in [0.5, 0.6) is 5.75 Å². The number of benzene rings is 2. The van der Waals surface area contributed by atoms with Gasteiger partial charge in [0.2, 0.25) is 0 Å². The van der Waals surface area contributed by atoms with E-state index in [0.29, 0.717) is 17.2 Å². The first-order chi connectivity index (χ1) is 12.8. The van der Waals surface area contributed by atoms with Gasteiger partial charge in [-0.15, -0.1) is 5.10 Å². The van der Waals surface area contributed by atoms with Crippen molar-refractivity contribution in [2.24, 2.45) is 0 Å². The number of nitrogens with one attached hydrogen (secondary N) is 1. The summed E-state index contributed by atoms with van der Waals surface area (Å²) in [6.45, 7) is -2.81. The van der Waals surface area contributed by atoms with Crippen molar-refractivity contribution in [3.05, 3.63) is 54.4 Å². The highest BCUT2D eigenvalue weighted by molar-refractivity contribution is 7.90. The number of halogens is 2. The van der Waals surface area contributed by atoms with Crippen LogP contribution in [0.2, 0.25) is 0 Å². The number of anilines is 1. The summed E-state index contributed by atoms with van der Waals surface area (Å²) in [6.07, 6.45) is 1.12. The van der Waals surface area contributed by atoms with Crippen molar-refractivity contribution in [3.8, 4) is 11.4 Å². The minimum atomic E-state index is -3.31. The summed E-state index contributed by atoms with van der Waals surface area (Å²) < 4.78 is 53.9. The summed E-state index contributed by atoms with van der Waals surface area (Å²) in [7, 11) is -3.31. The number of aromatic nitrogens is 4. The SMILES string of the molecule is CS(=O)(=O)c1ccc(-n2nnnc2CNc2ccccc2OC(F)F)cc1. The lowest BCUT2D eigenvalue weighted by Crippen LogP contribution is -2.10. The van der Waals surface area contributed by atoms with E-state index >= 15 is 0 Å². The van der Waals surface area contributed by atoms with E-state index in [1.54, 1.807) is 30.3 Å². The molecule has 0 radical (unpaired) electrons. The molecule has 0 amide bonds. The number of sulfone groups is 1. The van der Waals surface area contributed by atoms with Gasteiger partial charge in [0, 0.05) is 6.26 Å². The lowest BCUT2D eigenvalue weighted by molar-refractivity contribution is -0.0493. The summed E-state index contributed by atoms with van der Waals surface area (Å²) in [5, 5.41) is 14.3. The zero-order valence-corrected chi connectivity index (χ0v) is 14.9. The predicted molar refractivity (Wildman–Crippen MR) is 92.7 cm³/mol. The minimum absolute atomic E-state index is 0.00373. The highest BCUT2D eigenvalue weighted by Crippen LogP contribution is 2.26. The van der Waals surface area contributed by atoms with Crippen LogP contribution in [-0.4, -0.2) is 41.5 Å². The molecule has 0 aliphatic heterocycles.